The fourth-order valence-corrected chi connectivity index (χ4v) is 1.83. The molecular formula is C15H24N2O2. The van der Waals surface area contributed by atoms with Crippen LogP contribution in [-0.4, -0.2) is 48.7 Å². The van der Waals surface area contributed by atoms with E-state index in [4.69, 9.17) is 0 Å². The maximum Gasteiger partial charge on any atom is 0.243 e. The lowest BCUT2D eigenvalue weighted by atomic mass is 10.2. The molecule has 106 valence electrons. The van der Waals surface area contributed by atoms with Crippen LogP contribution in [0, 0.1) is 0 Å². The fourth-order valence-electron chi connectivity index (χ4n) is 1.83. The van der Waals surface area contributed by atoms with Crippen LogP contribution in [0.5, 0.6) is 0 Å². The van der Waals surface area contributed by atoms with Gasteiger partial charge in [-0.05, 0) is 39.4 Å². The highest BCUT2D eigenvalue weighted by molar-refractivity contribution is 5.96. The number of carbonyl (C=O) groups is 1. The summed E-state index contributed by atoms with van der Waals surface area (Å²) in [5, 5.41) is 9.29. The Hall–Kier alpha value is -1.39. The number of aliphatic hydroxyl groups excluding tert-OH is 1. The molecule has 0 aromatic heterocycles. The second kappa shape index (κ2) is 7.26. The highest BCUT2D eigenvalue weighted by Gasteiger charge is 2.22. The number of nitrogens with zero attached hydrogens (tertiary/aromatic N) is 2. The predicted octanol–water partition coefficient (Wildman–Crippen LogP) is 1.74. The first-order valence-corrected chi connectivity index (χ1v) is 6.64. The van der Waals surface area contributed by atoms with Gasteiger partial charge in [0, 0.05) is 19.3 Å². The Morgan fingerprint density at radius 3 is 2.32 bits per heavy atom. The van der Waals surface area contributed by atoms with E-state index >= 15 is 0 Å². The van der Waals surface area contributed by atoms with Gasteiger partial charge in [-0.2, -0.15) is 0 Å². The van der Waals surface area contributed by atoms with Gasteiger partial charge < -0.3 is 10.0 Å². The van der Waals surface area contributed by atoms with Crippen LogP contribution in [0.25, 0.3) is 0 Å². The lowest BCUT2D eigenvalue weighted by molar-refractivity contribution is -0.122. The van der Waals surface area contributed by atoms with E-state index in [1.165, 1.54) is 0 Å². The van der Waals surface area contributed by atoms with Crippen molar-refractivity contribution in [2.75, 3.05) is 25.5 Å². The standard InChI is InChI=1S/C15H24N2O2/c1-12(18)10-11-16(3)13(2)15(19)17(4)14-8-6-5-7-9-14/h5-9,12-13,18H,10-11H2,1-4H3. The van der Waals surface area contributed by atoms with Gasteiger partial charge in [0.1, 0.15) is 0 Å². The molecule has 0 bridgehead atoms. The third kappa shape index (κ3) is 4.65. The zero-order chi connectivity index (χ0) is 14.4. The van der Waals surface area contributed by atoms with Gasteiger partial charge in [-0.1, -0.05) is 18.2 Å². The molecule has 1 amide bonds. The van der Waals surface area contributed by atoms with E-state index in [2.05, 4.69) is 0 Å². The molecule has 2 atom stereocenters. The maximum atomic E-state index is 12.4. The van der Waals surface area contributed by atoms with Crippen LogP contribution < -0.4 is 4.90 Å². The van der Waals surface area contributed by atoms with Crippen molar-refractivity contribution < 1.29 is 9.90 Å². The molecule has 4 nitrogen and oxygen atoms in total. The smallest absolute Gasteiger partial charge is 0.243 e. The second-order valence-electron chi connectivity index (χ2n) is 5.03. The Balaban J connectivity index is 2.61. The third-order valence-corrected chi connectivity index (χ3v) is 3.39. The Morgan fingerprint density at radius 1 is 1.21 bits per heavy atom. The quantitative estimate of drug-likeness (QED) is 0.851. The number of hydrogen-bond acceptors (Lipinski definition) is 3. The van der Waals surface area contributed by atoms with Crippen LogP contribution in [0.3, 0.4) is 0 Å². The number of para-hydroxylation sites is 1. The van der Waals surface area contributed by atoms with Gasteiger partial charge >= 0.3 is 0 Å². The Labute approximate surface area is 115 Å². The second-order valence-corrected chi connectivity index (χ2v) is 5.03. The maximum absolute atomic E-state index is 12.4. The molecule has 0 radical (unpaired) electrons. The molecule has 0 aliphatic rings. The minimum atomic E-state index is -0.336. The SMILES string of the molecule is CC(O)CCN(C)C(C)C(=O)N(C)c1ccccc1. The largest absolute Gasteiger partial charge is 0.393 e. The summed E-state index contributed by atoms with van der Waals surface area (Å²) in [5.41, 5.74) is 0.892. The van der Waals surface area contributed by atoms with Gasteiger partial charge in [-0.25, -0.2) is 0 Å². The number of anilines is 1. The lowest BCUT2D eigenvalue weighted by Gasteiger charge is -2.28. The fraction of sp³-hybridized carbons (Fsp3) is 0.533. The summed E-state index contributed by atoms with van der Waals surface area (Å²) in [6.45, 7) is 4.35. The Bertz CT molecular complexity index is 392. The van der Waals surface area contributed by atoms with Gasteiger partial charge in [0.25, 0.3) is 0 Å². The number of likely N-dealkylation sites (N-methyl/N-ethyl adjacent to an activating group) is 2. The van der Waals surface area contributed by atoms with Crippen molar-refractivity contribution in [3.8, 4) is 0 Å². The number of benzene rings is 1. The van der Waals surface area contributed by atoms with Gasteiger partial charge in [0.05, 0.1) is 12.1 Å². The van der Waals surface area contributed by atoms with E-state index in [0.717, 1.165) is 5.69 Å². The van der Waals surface area contributed by atoms with Crippen LogP contribution in [0.15, 0.2) is 30.3 Å². The van der Waals surface area contributed by atoms with Crippen LogP contribution >= 0.6 is 0 Å². The van der Waals surface area contributed by atoms with Crippen molar-refractivity contribution in [2.24, 2.45) is 0 Å². The Kier molecular flexibility index (Phi) is 5.99. The first kappa shape index (κ1) is 15.7. The molecule has 0 heterocycles. The topological polar surface area (TPSA) is 43.8 Å². The molecular weight excluding hydrogens is 240 g/mol. The number of rotatable bonds is 6. The molecule has 1 rings (SSSR count). The van der Waals surface area contributed by atoms with E-state index in [1.54, 1.807) is 18.9 Å². The molecule has 0 aliphatic carbocycles. The molecule has 0 saturated carbocycles. The first-order valence-electron chi connectivity index (χ1n) is 6.64. The monoisotopic (exact) mass is 264 g/mol. The average Bonchev–Trinajstić information content (AvgIpc) is 2.43. The molecule has 0 fully saturated rings. The highest BCUT2D eigenvalue weighted by atomic mass is 16.3. The van der Waals surface area contributed by atoms with Gasteiger partial charge in [-0.3, -0.25) is 9.69 Å². The summed E-state index contributed by atoms with van der Waals surface area (Å²) in [6, 6.07) is 9.40. The summed E-state index contributed by atoms with van der Waals surface area (Å²) in [6.07, 6.45) is 0.333. The van der Waals surface area contributed by atoms with Crippen LogP contribution in [0.2, 0.25) is 0 Å². The molecule has 0 spiro atoms. The molecule has 4 heteroatoms. The van der Waals surface area contributed by atoms with E-state index in [-0.39, 0.29) is 18.1 Å². The van der Waals surface area contributed by atoms with Crippen molar-refractivity contribution in [1.29, 1.82) is 0 Å². The first-order chi connectivity index (χ1) is 8.93. The normalized spacial score (nSPS) is 14.2. The molecule has 1 aromatic carbocycles. The molecule has 0 aliphatic heterocycles. The average molecular weight is 264 g/mol. The summed E-state index contributed by atoms with van der Waals surface area (Å²) < 4.78 is 0. The van der Waals surface area contributed by atoms with E-state index in [9.17, 15) is 9.90 Å². The predicted molar refractivity (Wildman–Crippen MR) is 78.2 cm³/mol. The zero-order valence-corrected chi connectivity index (χ0v) is 12.2. The minimum absolute atomic E-state index is 0.0549. The van der Waals surface area contributed by atoms with Crippen LogP contribution in [-0.2, 0) is 4.79 Å². The lowest BCUT2D eigenvalue weighted by Crippen LogP contribution is -2.44. The van der Waals surface area contributed by atoms with Gasteiger partial charge in [0.15, 0.2) is 0 Å². The Morgan fingerprint density at radius 2 is 1.79 bits per heavy atom. The van der Waals surface area contributed by atoms with E-state index in [0.29, 0.717) is 13.0 Å². The minimum Gasteiger partial charge on any atom is -0.393 e. The van der Waals surface area contributed by atoms with Gasteiger partial charge in [-0.15, -0.1) is 0 Å². The summed E-state index contributed by atoms with van der Waals surface area (Å²) in [5.74, 6) is 0.0549. The molecule has 19 heavy (non-hydrogen) atoms. The van der Waals surface area contributed by atoms with Crippen molar-refractivity contribution in [3.05, 3.63) is 30.3 Å². The van der Waals surface area contributed by atoms with E-state index < -0.39 is 0 Å². The summed E-state index contributed by atoms with van der Waals surface area (Å²) >= 11 is 0. The summed E-state index contributed by atoms with van der Waals surface area (Å²) in [4.78, 5) is 16.0. The summed E-state index contributed by atoms with van der Waals surface area (Å²) in [7, 11) is 3.69. The van der Waals surface area contributed by atoms with Crippen molar-refractivity contribution in [3.63, 3.8) is 0 Å². The molecule has 1 aromatic rings. The number of carbonyl (C=O) groups excluding carboxylic acids is 1. The van der Waals surface area contributed by atoms with Gasteiger partial charge in [0.2, 0.25) is 5.91 Å². The van der Waals surface area contributed by atoms with Crippen molar-refractivity contribution in [1.82, 2.24) is 4.90 Å². The number of hydrogen-bond donors (Lipinski definition) is 1. The zero-order valence-electron chi connectivity index (χ0n) is 12.2. The molecule has 0 saturated heterocycles. The van der Waals surface area contributed by atoms with Crippen molar-refractivity contribution in [2.45, 2.75) is 32.4 Å². The number of amides is 1. The van der Waals surface area contributed by atoms with Crippen molar-refractivity contribution >= 4 is 11.6 Å². The highest BCUT2D eigenvalue weighted by Crippen LogP contribution is 2.13. The van der Waals surface area contributed by atoms with Crippen LogP contribution in [0.4, 0.5) is 5.69 Å². The molecule has 2 unspecified atom stereocenters. The molecule has 1 N–H and O–H groups in total. The van der Waals surface area contributed by atoms with E-state index in [1.807, 2.05) is 49.2 Å². The third-order valence-electron chi connectivity index (χ3n) is 3.39. The number of aliphatic hydroxyl groups is 1. The van der Waals surface area contributed by atoms with Crippen LogP contribution in [0.1, 0.15) is 20.3 Å².